The van der Waals surface area contributed by atoms with E-state index in [-0.39, 0.29) is 17.3 Å². The van der Waals surface area contributed by atoms with Gasteiger partial charge in [0, 0.05) is 17.8 Å². The number of amides is 1. The standard InChI is InChI=1S/C20H18Cl2N2O3S/c1-12-18(19(25)23-10-13-7-8-15(21)16(22)9-13)28-20(26)24(12)11-14-5-3-4-6-17(14)27-2/h3-9H,10-11H2,1-2H3,(H,23,25). The van der Waals surface area contributed by atoms with Crippen LogP contribution >= 0.6 is 34.5 Å². The number of ether oxygens (including phenoxy) is 1. The van der Waals surface area contributed by atoms with Crippen LogP contribution in [0.1, 0.15) is 26.5 Å². The highest BCUT2D eigenvalue weighted by atomic mass is 35.5. The molecule has 1 amide bonds. The highest BCUT2D eigenvalue weighted by Crippen LogP contribution is 2.23. The van der Waals surface area contributed by atoms with Crippen molar-refractivity contribution in [3.8, 4) is 5.75 Å². The molecule has 3 aromatic rings. The summed E-state index contributed by atoms with van der Waals surface area (Å²) in [6, 6.07) is 12.7. The van der Waals surface area contributed by atoms with Gasteiger partial charge in [0.1, 0.15) is 10.6 Å². The number of carbonyl (C=O) groups is 1. The van der Waals surface area contributed by atoms with Gasteiger partial charge in [0.25, 0.3) is 5.91 Å². The van der Waals surface area contributed by atoms with Crippen molar-refractivity contribution in [3.05, 3.63) is 83.9 Å². The molecule has 0 atom stereocenters. The molecule has 2 aromatic carbocycles. The number of aromatic nitrogens is 1. The van der Waals surface area contributed by atoms with Gasteiger partial charge >= 0.3 is 4.87 Å². The van der Waals surface area contributed by atoms with E-state index in [0.717, 1.165) is 22.5 Å². The summed E-state index contributed by atoms with van der Waals surface area (Å²) < 4.78 is 6.93. The van der Waals surface area contributed by atoms with E-state index >= 15 is 0 Å². The Hall–Kier alpha value is -2.28. The molecule has 8 heteroatoms. The molecular weight excluding hydrogens is 419 g/mol. The Balaban J connectivity index is 1.77. The van der Waals surface area contributed by atoms with Gasteiger partial charge in [-0.25, -0.2) is 0 Å². The molecule has 146 valence electrons. The smallest absolute Gasteiger partial charge is 0.308 e. The van der Waals surface area contributed by atoms with Crippen LogP contribution in [-0.2, 0) is 13.1 Å². The number of thiazole rings is 1. The molecule has 0 spiro atoms. The van der Waals surface area contributed by atoms with E-state index in [0.29, 0.717) is 32.9 Å². The monoisotopic (exact) mass is 436 g/mol. The molecule has 0 aliphatic carbocycles. The minimum absolute atomic E-state index is 0.192. The Kier molecular flexibility index (Phi) is 6.44. The Bertz CT molecular complexity index is 1080. The SMILES string of the molecule is COc1ccccc1Cn1c(C)c(C(=O)NCc2ccc(Cl)c(Cl)c2)sc1=O. The molecule has 0 saturated carbocycles. The molecule has 28 heavy (non-hydrogen) atoms. The van der Waals surface area contributed by atoms with Crippen LogP contribution in [0.15, 0.2) is 47.3 Å². The molecule has 0 saturated heterocycles. The van der Waals surface area contributed by atoms with Crippen LogP contribution in [0.2, 0.25) is 10.0 Å². The van der Waals surface area contributed by atoms with Crippen molar-refractivity contribution >= 4 is 40.4 Å². The maximum atomic E-state index is 12.6. The number of carbonyl (C=O) groups excluding carboxylic acids is 1. The molecule has 0 bridgehead atoms. The predicted molar refractivity (Wildman–Crippen MR) is 113 cm³/mol. The van der Waals surface area contributed by atoms with Gasteiger partial charge in [-0.15, -0.1) is 0 Å². The van der Waals surface area contributed by atoms with E-state index in [9.17, 15) is 9.59 Å². The van der Waals surface area contributed by atoms with Crippen LogP contribution in [0.25, 0.3) is 0 Å². The van der Waals surface area contributed by atoms with Gasteiger partial charge < -0.3 is 10.1 Å². The fraction of sp³-hybridized carbons (Fsp3) is 0.200. The minimum atomic E-state index is -0.301. The number of methoxy groups -OCH3 is 1. The normalized spacial score (nSPS) is 10.7. The lowest BCUT2D eigenvalue weighted by Gasteiger charge is -2.10. The van der Waals surface area contributed by atoms with Crippen LogP contribution in [0.3, 0.4) is 0 Å². The maximum Gasteiger partial charge on any atom is 0.308 e. The second-order valence-corrected chi connectivity index (χ2v) is 7.89. The van der Waals surface area contributed by atoms with E-state index in [1.807, 2.05) is 24.3 Å². The summed E-state index contributed by atoms with van der Waals surface area (Å²) >= 11 is 12.8. The van der Waals surface area contributed by atoms with E-state index in [1.165, 1.54) is 0 Å². The summed E-state index contributed by atoms with van der Waals surface area (Å²) in [5.74, 6) is 0.398. The fourth-order valence-corrected chi connectivity index (χ4v) is 4.02. The van der Waals surface area contributed by atoms with Gasteiger partial charge in [-0.1, -0.05) is 58.8 Å². The number of benzene rings is 2. The van der Waals surface area contributed by atoms with Gasteiger partial charge in [-0.3, -0.25) is 14.2 Å². The number of nitrogens with one attached hydrogen (secondary N) is 1. The molecule has 1 N–H and O–H groups in total. The fourth-order valence-electron chi connectivity index (χ4n) is 2.79. The summed E-state index contributed by atoms with van der Waals surface area (Å²) in [5.41, 5.74) is 2.31. The van der Waals surface area contributed by atoms with E-state index in [1.54, 1.807) is 36.8 Å². The summed E-state index contributed by atoms with van der Waals surface area (Å²) in [6.07, 6.45) is 0. The predicted octanol–water partition coefficient (Wildman–Crippen LogP) is 4.51. The zero-order valence-electron chi connectivity index (χ0n) is 15.3. The van der Waals surface area contributed by atoms with Gasteiger partial charge in [-0.2, -0.15) is 0 Å². The van der Waals surface area contributed by atoms with Crippen molar-refractivity contribution in [2.24, 2.45) is 0 Å². The van der Waals surface area contributed by atoms with Crippen LogP contribution in [0, 0.1) is 6.92 Å². The van der Waals surface area contributed by atoms with E-state index in [2.05, 4.69) is 5.32 Å². The number of nitrogens with zero attached hydrogens (tertiary/aromatic N) is 1. The zero-order valence-corrected chi connectivity index (χ0v) is 17.6. The van der Waals surface area contributed by atoms with Crippen LogP contribution < -0.4 is 14.9 Å². The van der Waals surface area contributed by atoms with Crippen LogP contribution in [0.4, 0.5) is 0 Å². The van der Waals surface area contributed by atoms with Crippen molar-refractivity contribution in [2.75, 3.05) is 7.11 Å². The lowest BCUT2D eigenvalue weighted by Crippen LogP contribution is -2.23. The van der Waals surface area contributed by atoms with E-state index in [4.69, 9.17) is 27.9 Å². The molecule has 5 nitrogen and oxygen atoms in total. The molecule has 0 aliphatic rings. The lowest BCUT2D eigenvalue weighted by atomic mass is 10.2. The molecule has 0 unspecified atom stereocenters. The van der Waals surface area contributed by atoms with Gasteiger partial charge in [0.2, 0.25) is 0 Å². The number of hydrogen-bond donors (Lipinski definition) is 1. The summed E-state index contributed by atoms with van der Waals surface area (Å²) in [6.45, 7) is 2.39. The first-order valence-electron chi connectivity index (χ1n) is 8.45. The highest BCUT2D eigenvalue weighted by molar-refractivity contribution is 7.11. The number of rotatable bonds is 6. The first kappa shape index (κ1) is 20.5. The summed E-state index contributed by atoms with van der Waals surface area (Å²) in [7, 11) is 1.59. The average molecular weight is 437 g/mol. The molecule has 0 aliphatic heterocycles. The average Bonchev–Trinajstić information content (AvgIpc) is 2.97. The number of para-hydroxylation sites is 1. The van der Waals surface area contributed by atoms with Gasteiger partial charge in [-0.05, 0) is 30.7 Å². The second kappa shape index (κ2) is 8.82. The zero-order chi connectivity index (χ0) is 20.3. The molecule has 3 rings (SSSR count). The highest BCUT2D eigenvalue weighted by Gasteiger charge is 2.18. The van der Waals surface area contributed by atoms with Crippen molar-refractivity contribution < 1.29 is 9.53 Å². The quantitative estimate of drug-likeness (QED) is 0.617. The third-order valence-corrected chi connectivity index (χ3v) is 6.13. The molecule has 0 radical (unpaired) electrons. The second-order valence-electron chi connectivity index (χ2n) is 6.11. The molecule has 1 heterocycles. The van der Waals surface area contributed by atoms with Crippen molar-refractivity contribution in [3.63, 3.8) is 0 Å². The Morgan fingerprint density at radius 3 is 2.64 bits per heavy atom. The summed E-state index contributed by atoms with van der Waals surface area (Å²) in [5, 5.41) is 3.71. The first-order chi connectivity index (χ1) is 13.4. The third-order valence-electron chi connectivity index (χ3n) is 4.31. The van der Waals surface area contributed by atoms with Crippen molar-refractivity contribution in [1.82, 2.24) is 9.88 Å². The Labute approximate surface area is 176 Å². The molecular formula is C20H18Cl2N2O3S. The van der Waals surface area contributed by atoms with Crippen LogP contribution in [0.5, 0.6) is 5.75 Å². The van der Waals surface area contributed by atoms with Crippen molar-refractivity contribution in [2.45, 2.75) is 20.0 Å². The van der Waals surface area contributed by atoms with E-state index < -0.39 is 0 Å². The number of halogens is 2. The van der Waals surface area contributed by atoms with Gasteiger partial charge in [0.05, 0.1) is 23.7 Å². The van der Waals surface area contributed by atoms with Gasteiger partial charge in [0.15, 0.2) is 0 Å². The van der Waals surface area contributed by atoms with Crippen molar-refractivity contribution in [1.29, 1.82) is 0 Å². The largest absolute Gasteiger partial charge is 0.496 e. The third kappa shape index (κ3) is 4.41. The Morgan fingerprint density at radius 1 is 1.18 bits per heavy atom. The minimum Gasteiger partial charge on any atom is -0.496 e. The Morgan fingerprint density at radius 2 is 1.93 bits per heavy atom. The topological polar surface area (TPSA) is 60.3 Å². The summed E-state index contributed by atoms with van der Waals surface area (Å²) in [4.78, 5) is 25.2. The number of hydrogen-bond acceptors (Lipinski definition) is 4. The maximum absolute atomic E-state index is 12.6. The molecule has 0 fully saturated rings. The first-order valence-corrected chi connectivity index (χ1v) is 10.0. The lowest BCUT2D eigenvalue weighted by molar-refractivity contribution is 0.0954. The molecule has 1 aromatic heterocycles. The van der Waals surface area contributed by atoms with Crippen LogP contribution in [-0.4, -0.2) is 17.6 Å².